The molecule has 5 rings (SSSR count). The molecule has 2 heterocycles. The molecule has 1 aliphatic rings. The van der Waals surface area contributed by atoms with Crippen molar-refractivity contribution in [1.29, 1.82) is 0 Å². The summed E-state index contributed by atoms with van der Waals surface area (Å²) in [6, 6.07) is 18.2. The molecule has 32 heavy (non-hydrogen) atoms. The van der Waals surface area contributed by atoms with Crippen molar-refractivity contribution in [2.75, 3.05) is 13.8 Å². The molecule has 4 aromatic rings. The lowest BCUT2D eigenvalue weighted by atomic mass is 10.1. The van der Waals surface area contributed by atoms with Crippen molar-refractivity contribution in [2.24, 2.45) is 0 Å². The number of ether oxygens (including phenoxy) is 3. The molecular formula is C25H20ClNO5. The minimum Gasteiger partial charge on any atom is -0.497 e. The molecule has 0 amide bonds. The highest BCUT2D eigenvalue weighted by molar-refractivity contribution is 6.31. The van der Waals surface area contributed by atoms with Crippen molar-refractivity contribution < 1.29 is 18.6 Å². The topological polar surface area (TPSA) is 61.1 Å². The number of methoxy groups -OCH3 is 1. The fourth-order valence-electron chi connectivity index (χ4n) is 3.75. The summed E-state index contributed by atoms with van der Waals surface area (Å²) in [5.74, 6) is 2.05. The lowest BCUT2D eigenvalue weighted by Gasteiger charge is -2.29. The SMILES string of the molecule is COc1ccc(Oc2coc3c4c(ccc3c2=O)OCN(Cc2ccccc2Cl)C4)cc1. The summed E-state index contributed by atoms with van der Waals surface area (Å²) >= 11 is 6.31. The number of nitrogens with zero attached hydrogens (tertiary/aromatic N) is 1. The van der Waals surface area contributed by atoms with E-state index < -0.39 is 0 Å². The standard InChI is InChI=1S/C25H20ClNO5/c1-29-17-6-8-18(9-7-17)32-23-14-30-25-19(24(23)28)10-11-22-20(25)13-27(15-31-22)12-16-4-2-3-5-21(16)26/h2-11,14H,12-13,15H2,1H3. The van der Waals surface area contributed by atoms with Crippen molar-refractivity contribution in [3.63, 3.8) is 0 Å². The molecule has 0 unspecified atom stereocenters. The maximum atomic E-state index is 13.1. The molecule has 1 aliphatic heterocycles. The lowest BCUT2D eigenvalue weighted by Crippen LogP contribution is -2.31. The quantitative estimate of drug-likeness (QED) is 0.395. The molecule has 0 spiro atoms. The molecule has 0 radical (unpaired) electrons. The number of fused-ring (bicyclic) bond motifs is 3. The second-order valence-corrected chi connectivity index (χ2v) is 7.88. The van der Waals surface area contributed by atoms with E-state index in [1.54, 1.807) is 43.5 Å². The minimum absolute atomic E-state index is 0.118. The zero-order valence-electron chi connectivity index (χ0n) is 17.3. The second kappa shape index (κ2) is 8.57. The predicted molar refractivity (Wildman–Crippen MR) is 122 cm³/mol. The van der Waals surface area contributed by atoms with E-state index in [0.29, 0.717) is 53.1 Å². The molecular weight excluding hydrogens is 430 g/mol. The molecule has 0 aliphatic carbocycles. The van der Waals surface area contributed by atoms with Gasteiger partial charge in [0.15, 0.2) is 0 Å². The molecule has 1 aromatic heterocycles. The number of halogens is 1. The maximum Gasteiger partial charge on any atom is 0.235 e. The van der Waals surface area contributed by atoms with Crippen LogP contribution in [-0.2, 0) is 13.1 Å². The van der Waals surface area contributed by atoms with Gasteiger partial charge in [-0.25, -0.2) is 0 Å². The predicted octanol–water partition coefficient (Wildman–Crippen LogP) is 5.60. The summed E-state index contributed by atoms with van der Waals surface area (Å²) in [6.07, 6.45) is 1.35. The summed E-state index contributed by atoms with van der Waals surface area (Å²) < 4.78 is 22.7. The molecule has 7 heteroatoms. The summed E-state index contributed by atoms with van der Waals surface area (Å²) in [7, 11) is 1.59. The first-order chi connectivity index (χ1) is 15.6. The molecule has 0 N–H and O–H groups in total. The summed E-state index contributed by atoms with van der Waals surface area (Å²) in [5.41, 5.74) is 2.10. The van der Waals surface area contributed by atoms with E-state index in [2.05, 4.69) is 4.90 Å². The first kappa shape index (κ1) is 20.4. The van der Waals surface area contributed by atoms with E-state index in [0.717, 1.165) is 11.1 Å². The fraction of sp³-hybridized carbons (Fsp3) is 0.160. The minimum atomic E-state index is -0.243. The van der Waals surface area contributed by atoms with Crippen molar-refractivity contribution in [2.45, 2.75) is 13.1 Å². The van der Waals surface area contributed by atoms with Gasteiger partial charge in [0.1, 0.15) is 35.8 Å². The van der Waals surface area contributed by atoms with Crippen LogP contribution in [0, 0.1) is 0 Å². The smallest absolute Gasteiger partial charge is 0.235 e. The van der Waals surface area contributed by atoms with Crippen molar-refractivity contribution in [3.8, 4) is 23.0 Å². The van der Waals surface area contributed by atoms with Crippen molar-refractivity contribution in [1.82, 2.24) is 4.90 Å². The van der Waals surface area contributed by atoms with Gasteiger partial charge in [-0.1, -0.05) is 29.8 Å². The lowest BCUT2D eigenvalue weighted by molar-refractivity contribution is 0.0890. The number of hydrogen-bond acceptors (Lipinski definition) is 6. The third kappa shape index (κ3) is 3.90. The zero-order valence-corrected chi connectivity index (χ0v) is 18.1. The van der Waals surface area contributed by atoms with Gasteiger partial charge in [-0.3, -0.25) is 9.69 Å². The van der Waals surface area contributed by atoms with E-state index in [-0.39, 0.29) is 11.2 Å². The van der Waals surface area contributed by atoms with Gasteiger partial charge >= 0.3 is 0 Å². The molecule has 6 nitrogen and oxygen atoms in total. The van der Waals surface area contributed by atoms with Gasteiger partial charge in [-0.2, -0.15) is 0 Å². The molecule has 0 saturated heterocycles. The summed E-state index contributed by atoms with van der Waals surface area (Å²) in [6.45, 7) is 1.62. The molecule has 0 bridgehead atoms. The molecule has 3 aromatic carbocycles. The van der Waals surface area contributed by atoms with E-state index >= 15 is 0 Å². The van der Waals surface area contributed by atoms with E-state index in [4.69, 9.17) is 30.2 Å². The second-order valence-electron chi connectivity index (χ2n) is 7.48. The first-order valence-electron chi connectivity index (χ1n) is 10.1. The monoisotopic (exact) mass is 449 g/mol. The molecule has 0 saturated carbocycles. The number of rotatable bonds is 5. The van der Waals surface area contributed by atoms with Crippen LogP contribution in [0.4, 0.5) is 0 Å². The Morgan fingerprint density at radius 2 is 1.81 bits per heavy atom. The van der Waals surface area contributed by atoms with Crippen LogP contribution in [0.1, 0.15) is 11.1 Å². The maximum absolute atomic E-state index is 13.1. The summed E-state index contributed by atoms with van der Waals surface area (Å²) in [4.78, 5) is 15.2. The van der Waals surface area contributed by atoms with Crippen LogP contribution in [0.15, 0.2) is 76.1 Å². The highest BCUT2D eigenvalue weighted by atomic mass is 35.5. The summed E-state index contributed by atoms with van der Waals surface area (Å²) in [5, 5.41) is 1.15. The van der Waals surface area contributed by atoms with Gasteiger partial charge in [-0.15, -0.1) is 0 Å². The number of benzene rings is 3. The Bertz CT molecular complexity index is 1330. The molecule has 0 fully saturated rings. The average molecular weight is 450 g/mol. The van der Waals surface area contributed by atoms with Crippen LogP contribution in [0.25, 0.3) is 11.0 Å². The Labute approximate surface area is 189 Å². The van der Waals surface area contributed by atoms with Crippen LogP contribution in [0.3, 0.4) is 0 Å². The normalized spacial score (nSPS) is 13.4. The highest BCUT2D eigenvalue weighted by Gasteiger charge is 2.23. The Kier molecular flexibility index (Phi) is 5.47. The number of hydrogen-bond donors (Lipinski definition) is 0. The van der Waals surface area contributed by atoms with Gasteiger partial charge < -0.3 is 18.6 Å². The van der Waals surface area contributed by atoms with Gasteiger partial charge in [0.25, 0.3) is 0 Å². The largest absolute Gasteiger partial charge is 0.497 e. The third-order valence-electron chi connectivity index (χ3n) is 5.39. The van der Waals surface area contributed by atoms with E-state index in [1.807, 2.05) is 24.3 Å². The Morgan fingerprint density at radius 1 is 1.03 bits per heavy atom. The van der Waals surface area contributed by atoms with Gasteiger partial charge in [-0.05, 0) is 48.0 Å². The van der Waals surface area contributed by atoms with Crippen LogP contribution in [-0.4, -0.2) is 18.7 Å². The Hall–Kier alpha value is -3.48. The third-order valence-corrected chi connectivity index (χ3v) is 5.76. The van der Waals surface area contributed by atoms with Crippen molar-refractivity contribution in [3.05, 3.63) is 93.3 Å². The van der Waals surface area contributed by atoms with E-state index in [1.165, 1.54) is 6.26 Å². The average Bonchev–Trinajstić information content (AvgIpc) is 2.82. The Morgan fingerprint density at radius 3 is 2.59 bits per heavy atom. The van der Waals surface area contributed by atoms with Gasteiger partial charge in [0, 0.05) is 18.1 Å². The van der Waals surface area contributed by atoms with Gasteiger partial charge in [0.05, 0.1) is 18.1 Å². The van der Waals surface area contributed by atoms with E-state index in [9.17, 15) is 4.79 Å². The Balaban J connectivity index is 1.44. The van der Waals surface area contributed by atoms with Crippen LogP contribution in [0.2, 0.25) is 5.02 Å². The first-order valence-corrected chi connectivity index (χ1v) is 10.5. The van der Waals surface area contributed by atoms with Gasteiger partial charge in [0.2, 0.25) is 11.2 Å². The zero-order chi connectivity index (χ0) is 22.1. The van der Waals surface area contributed by atoms with Crippen LogP contribution in [0.5, 0.6) is 23.0 Å². The van der Waals surface area contributed by atoms with Crippen molar-refractivity contribution >= 4 is 22.6 Å². The fourth-order valence-corrected chi connectivity index (χ4v) is 3.94. The van der Waals surface area contributed by atoms with Crippen LogP contribution < -0.4 is 19.6 Å². The molecule has 162 valence electrons. The van der Waals surface area contributed by atoms with Crippen LogP contribution >= 0.6 is 11.6 Å². The highest BCUT2D eigenvalue weighted by Crippen LogP contribution is 2.33. The molecule has 0 atom stereocenters.